The van der Waals surface area contributed by atoms with Crippen LogP contribution < -0.4 is 5.32 Å². The Labute approximate surface area is 121 Å². The Hall–Kier alpha value is -1.79. The molecule has 1 N–H and O–H groups in total. The maximum atomic E-state index is 11.0. The molecule has 0 radical (unpaired) electrons. The summed E-state index contributed by atoms with van der Waals surface area (Å²) in [6.07, 6.45) is 0. The van der Waals surface area contributed by atoms with E-state index in [2.05, 4.69) is 31.1 Å². The van der Waals surface area contributed by atoms with Gasteiger partial charge in [-0.2, -0.15) is 0 Å². The molecule has 0 aliphatic carbocycles. The summed E-state index contributed by atoms with van der Waals surface area (Å²) in [6, 6.07) is 6.68. The minimum absolute atomic E-state index is 0.0184. The van der Waals surface area contributed by atoms with Gasteiger partial charge in [-0.1, -0.05) is 12.1 Å². The van der Waals surface area contributed by atoms with Gasteiger partial charge >= 0.3 is 0 Å². The number of aromatic nitrogens is 1. The highest BCUT2D eigenvalue weighted by atomic mass is 32.1. The average molecular weight is 291 g/mol. The molecule has 0 aliphatic heterocycles. The molecular weight excluding hydrogens is 274 g/mol. The zero-order chi connectivity index (χ0) is 14.8. The predicted octanol–water partition coefficient (Wildman–Crippen LogP) is 3.61. The predicted molar refractivity (Wildman–Crippen MR) is 80.8 cm³/mol. The molecule has 0 atom stereocenters. The monoisotopic (exact) mass is 291 g/mol. The molecule has 2 aromatic rings. The van der Waals surface area contributed by atoms with Gasteiger partial charge in [0, 0.05) is 23.5 Å². The normalized spacial score (nSPS) is 11.6. The minimum Gasteiger partial charge on any atom is -0.306 e. The maximum absolute atomic E-state index is 11.0. The molecule has 1 heterocycles. The summed E-state index contributed by atoms with van der Waals surface area (Å²) in [4.78, 5) is 15.1. The molecule has 0 spiro atoms. The third-order valence-corrected chi connectivity index (χ3v) is 3.55. The van der Waals surface area contributed by atoms with E-state index < -0.39 is 0 Å². The van der Waals surface area contributed by atoms with Crippen LogP contribution >= 0.6 is 11.3 Å². The van der Waals surface area contributed by atoms with Crippen LogP contribution in [0.5, 0.6) is 0 Å². The van der Waals surface area contributed by atoms with E-state index in [1.54, 1.807) is 18.2 Å². The number of hydrogen-bond acceptors (Lipinski definition) is 5. The smallest absolute Gasteiger partial charge is 0.278 e. The molecule has 0 amide bonds. The topological polar surface area (TPSA) is 68.1 Å². The summed E-state index contributed by atoms with van der Waals surface area (Å²) in [5, 5.41) is 17.2. The number of rotatable bonds is 4. The zero-order valence-corrected chi connectivity index (χ0v) is 12.5. The van der Waals surface area contributed by atoms with Crippen molar-refractivity contribution in [2.45, 2.75) is 32.9 Å². The van der Waals surface area contributed by atoms with Gasteiger partial charge in [0.05, 0.1) is 16.2 Å². The molecule has 0 aliphatic rings. The van der Waals surface area contributed by atoms with Crippen molar-refractivity contribution in [3.63, 3.8) is 0 Å². The second kappa shape index (κ2) is 5.68. The van der Waals surface area contributed by atoms with Gasteiger partial charge in [0.1, 0.15) is 5.01 Å². The number of para-hydroxylation sites is 1. The minimum atomic E-state index is -0.373. The molecular formula is C14H17N3O2S. The van der Waals surface area contributed by atoms with Gasteiger partial charge in [-0.15, -0.1) is 11.3 Å². The van der Waals surface area contributed by atoms with E-state index in [0.717, 1.165) is 5.01 Å². The number of benzene rings is 1. The van der Waals surface area contributed by atoms with E-state index in [1.165, 1.54) is 17.4 Å². The lowest BCUT2D eigenvalue weighted by Gasteiger charge is -2.19. The largest absolute Gasteiger partial charge is 0.306 e. The zero-order valence-electron chi connectivity index (χ0n) is 11.7. The Bertz CT molecular complexity index is 617. The Morgan fingerprint density at radius 2 is 2.05 bits per heavy atom. The Balaban J connectivity index is 2.23. The second-order valence-corrected chi connectivity index (χ2v) is 6.45. The number of nitro groups is 1. The Morgan fingerprint density at radius 3 is 2.70 bits per heavy atom. The van der Waals surface area contributed by atoms with Crippen LogP contribution in [0, 0.1) is 10.1 Å². The number of nitrogens with one attached hydrogen (secondary N) is 1. The van der Waals surface area contributed by atoms with E-state index >= 15 is 0 Å². The van der Waals surface area contributed by atoms with Gasteiger partial charge in [0.2, 0.25) is 0 Å². The standard InChI is InChI=1S/C14H17N3O2S/c1-14(2,3)15-8-13-16-11(9-20-13)10-6-4-5-7-12(10)17(18)19/h4-7,9,15H,8H2,1-3H3. The third-order valence-electron chi connectivity index (χ3n) is 2.70. The van der Waals surface area contributed by atoms with Gasteiger partial charge in [-0.3, -0.25) is 10.1 Å². The highest BCUT2D eigenvalue weighted by molar-refractivity contribution is 7.09. The number of thiazole rings is 1. The molecule has 0 saturated heterocycles. The average Bonchev–Trinajstić information content (AvgIpc) is 2.84. The van der Waals surface area contributed by atoms with Crippen LogP contribution in [0.4, 0.5) is 5.69 Å². The van der Waals surface area contributed by atoms with Crippen LogP contribution in [0.25, 0.3) is 11.3 Å². The van der Waals surface area contributed by atoms with E-state index in [1.807, 2.05) is 5.38 Å². The van der Waals surface area contributed by atoms with Gasteiger partial charge in [-0.25, -0.2) is 4.98 Å². The van der Waals surface area contributed by atoms with Crippen LogP contribution in [-0.4, -0.2) is 15.4 Å². The first kappa shape index (κ1) is 14.6. The summed E-state index contributed by atoms with van der Waals surface area (Å²) < 4.78 is 0. The number of nitrogens with zero attached hydrogens (tertiary/aromatic N) is 2. The van der Waals surface area contributed by atoms with E-state index in [9.17, 15) is 10.1 Å². The van der Waals surface area contributed by atoms with Crippen LogP contribution in [0.15, 0.2) is 29.6 Å². The van der Waals surface area contributed by atoms with Gasteiger partial charge in [-0.05, 0) is 26.8 Å². The number of hydrogen-bond donors (Lipinski definition) is 1. The summed E-state index contributed by atoms with van der Waals surface area (Å²) in [7, 11) is 0. The van der Waals surface area contributed by atoms with Crippen molar-refractivity contribution >= 4 is 17.0 Å². The first-order valence-electron chi connectivity index (χ1n) is 6.30. The molecule has 1 aromatic heterocycles. The molecule has 5 nitrogen and oxygen atoms in total. The van der Waals surface area contributed by atoms with Crippen molar-refractivity contribution in [1.29, 1.82) is 0 Å². The van der Waals surface area contributed by atoms with Gasteiger partial charge < -0.3 is 5.32 Å². The molecule has 0 saturated carbocycles. The third kappa shape index (κ3) is 3.61. The molecule has 0 fully saturated rings. The van der Waals surface area contributed by atoms with Crippen molar-refractivity contribution < 1.29 is 4.92 Å². The lowest BCUT2D eigenvalue weighted by molar-refractivity contribution is -0.384. The van der Waals surface area contributed by atoms with Crippen molar-refractivity contribution in [1.82, 2.24) is 10.3 Å². The van der Waals surface area contributed by atoms with Crippen LogP contribution in [-0.2, 0) is 6.54 Å². The lowest BCUT2D eigenvalue weighted by Crippen LogP contribution is -2.34. The van der Waals surface area contributed by atoms with E-state index in [4.69, 9.17) is 0 Å². The molecule has 106 valence electrons. The molecule has 0 unspecified atom stereocenters. The van der Waals surface area contributed by atoms with Crippen LogP contribution in [0.2, 0.25) is 0 Å². The summed E-state index contributed by atoms with van der Waals surface area (Å²) in [5.74, 6) is 0. The fourth-order valence-corrected chi connectivity index (χ4v) is 2.44. The summed E-state index contributed by atoms with van der Waals surface area (Å²) in [5.41, 5.74) is 1.34. The second-order valence-electron chi connectivity index (χ2n) is 5.50. The molecule has 2 rings (SSSR count). The molecule has 20 heavy (non-hydrogen) atoms. The quantitative estimate of drug-likeness (QED) is 0.690. The first-order valence-corrected chi connectivity index (χ1v) is 7.18. The molecule has 1 aromatic carbocycles. The highest BCUT2D eigenvalue weighted by Crippen LogP contribution is 2.30. The van der Waals surface area contributed by atoms with Crippen molar-refractivity contribution in [2.24, 2.45) is 0 Å². The van der Waals surface area contributed by atoms with Crippen LogP contribution in [0.3, 0.4) is 0 Å². The summed E-state index contributed by atoms with van der Waals surface area (Å²) in [6.45, 7) is 6.92. The molecule has 6 heteroatoms. The lowest BCUT2D eigenvalue weighted by atomic mass is 10.1. The summed E-state index contributed by atoms with van der Waals surface area (Å²) >= 11 is 1.51. The molecule has 0 bridgehead atoms. The first-order chi connectivity index (χ1) is 9.37. The Morgan fingerprint density at radius 1 is 1.35 bits per heavy atom. The van der Waals surface area contributed by atoms with Crippen molar-refractivity contribution in [2.75, 3.05) is 0 Å². The fraction of sp³-hybridized carbons (Fsp3) is 0.357. The Kier molecular flexibility index (Phi) is 4.15. The van der Waals surface area contributed by atoms with Crippen molar-refractivity contribution in [3.8, 4) is 11.3 Å². The van der Waals surface area contributed by atoms with Crippen LogP contribution in [0.1, 0.15) is 25.8 Å². The fourth-order valence-electron chi connectivity index (χ4n) is 1.71. The highest BCUT2D eigenvalue weighted by Gasteiger charge is 2.17. The van der Waals surface area contributed by atoms with Crippen molar-refractivity contribution in [3.05, 3.63) is 44.8 Å². The SMILES string of the molecule is CC(C)(C)NCc1nc(-c2ccccc2[N+](=O)[O-])cs1. The van der Waals surface area contributed by atoms with Gasteiger partial charge in [0.25, 0.3) is 5.69 Å². The number of nitro benzene ring substituents is 1. The van der Waals surface area contributed by atoms with E-state index in [-0.39, 0.29) is 16.1 Å². The van der Waals surface area contributed by atoms with Gasteiger partial charge in [0.15, 0.2) is 0 Å². The van der Waals surface area contributed by atoms with E-state index in [0.29, 0.717) is 17.8 Å². The maximum Gasteiger partial charge on any atom is 0.278 e.